The van der Waals surface area contributed by atoms with Crippen molar-refractivity contribution < 1.29 is 32.7 Å². The van der Waals surface area contributed by atoms with Crippen LogP contribution in [0, 0.1) is 0 Å². The van der Waals surface area contributed by atoms with Gasteiger partial charge in [-0.3, -0.25) is 14.3 Å². The molecular formula is C19H19F3N6O4S. The van der Waals surface area contributed by atoms with Crippen molar-refractivity contribution in [1.29, 1.82) is 0 Å². The molecule has 1 N–H and O–H groups in total. The number of hydrogen-bond acceptors (Lipinski definition) is 7. The van der Waals surface area contributed by atoms with Gasteiger partial charge in [0.2, 0.25) is 5.91 Å². The van der Waals surface area contributed by atoms with Gasteiger partial charge in [-0.25, -0.2) is 14.8 Å². The zero-order chi connectivity index (χ0) is 24.5. The number of rotatable bonds is 2. The molecule has 1 aliphatic rings. The molecule has 1 aliphatic heterocycles. The minimum absolute atomic E-state index is 0.147. The predicted octanol–water partition coefficient (Wildman–Crippen LogP) is 1.89. The first-order valence-electron chi connectivity index (χ1n) is 9.46. The molecule has 0 fully saturated rings. The Labute approximate surface area is 189 Å². The molecule has 176 valence electrons. The average Bonchev–Trinajstić information content (AvgIpc) is 3.35. The van der Waals surface area contributed by atoms with Crippen LogP contribution in [0.1, 0.15) is 27.1 Å². The highest BCUT2D eigenvalue weighted by Crippen LogP contribution is 2.33. The smallest absolute Gasteiger partial charge is 0.475 e. The first kappa shape index (κ1) is 24.1. The monoisotopic (exact) mass is 484 g/mol. The van der Waals surface area contributed by atoms with Crippen molar-refractivity contribution in [3.8, 4) is 0 Å². The van der Waals surface area contributed by atoms with E-state index in [2.05, 4.69) is 15.1 Å². The Hall–Kier alpha value is -3.55. The molecule has 0 spiro atoms. The molecule has 0 saturated heterocycles. The predicted molar refractivity (Wildman–Crippen MR) is 110 cm³/mol. The van der Waals surface area contributed by atoms with Gasteiger partial charge in [-0.15, -0.1) is 0 Å². The van der Waals surface area contributed by atoms with E-state index in [0.717, 1.165) is 11.3 Å². The van der Waals surface area contributed by atoms with Crippen LogP contribution in [0.3, 0.4) is 0 Å². The minimum atomic E-state index is -5.08. The molecule has 1 atom stereocenters. The largest absolute Gasteiger partial charge is 0.490 e. The molecule has 0 bridgehead atoms. The number of amides is 2. The summed E-state index contributed by atoms with van der Waals surface area (Å²) in [5.41, 5.74) is 2.46. The second-order valence-electron chi connectivity index (χ2n) is 7.20. The first-order valence-corrected chi connectivity index (χ1v) is 10.3. The van der Waals surface area contributed by atoms with Crippen LogP contribution in [0.2, 0.25) is 0 Å². The average molecular weight is 484 g/mol. The first-order chi connectivity index (χ1) is 15.4. The lowest BCUT2D eigenvalue weighted by Gasteiger charge is -2.35. The second-order valence-corrected chi connectivity index (χ2v) is 8.18. The number of carboxylic acids is 1. The van der Waals surface area contributed by atoms with Gasteiger partial charge < -0.3 is 14.9 Å². The normalized spacial score (nSPS) is 15.5. The molecule has 1 unspecified atom stereocenters. The van der Waals surface area contributed by atoms with Crippen LogP contribution in [-0.2, 0) is 23.1 Å². The number of alkyl halides is 3. The van der Waals surface area contributed by atoms with Crippen LogP contribution < -0.4 is 0 Å². The highest BCUT2D eigenvalue weighted by Gasteiger charge is 2.40. The maximum atomic E-state index is 13.2. The number of carbonyl (C=O) groups excluding carboxylic acids is 2. The number of nitrogens with zero attached hydrogens (tertiary/aromatic N) is 6. The number of thiazole rings is 1. The van der Waals surface area contributed by atoms with Gasteiger partial charge in [0.25, 0.3) is 5.91 Å². The molecule has 0 aliphatic carbocycles. The van der Waals surface area contributed by atoms with E-state index in [4.69, 9.17) is 9.90 Å². The van der Waals surface area contributed by atoms with E-state index < -0.39 is 18.2 Å². The van der Waals surface area contributed by atoms with Gasteiger partial charge in [0.1, 0.15) is 16.4 Å². The number of pyridine rings is 1. The van der Waals surface area contributed by atoms with Crippen LogP contribution in [0.15, 0.2) is 24.5 Å². The molecule has 2 amide bonds. The fourth-order valence-electron chi connectivity index (χ4n) is 3.25. The SMILES string of the molecule is CN(C)C(=O)C1c2cnn(C)c2CCN1C(=O)c1nc2cccnc2s1.O=C(O)C(F)(F)F. The molecule has 0 aromatic carbocycles. The van der Waals surface area contributed by atoms with Gasteiger partial charge >= 0.3 is 12.1 Å². The zero-order valence-corrected chi connectivity index (χ0v) is 18.5. The van der Waals surface area contributed by atoms with Gasteiger partial charge in [0.05, 0.1) is 6.20 Å². The Morgan fingerprint density at radius 2 is 1.94 bits per heavy atom. The third-order valence-electron chi connectivity index (χ3n) is 4.82. The van der Waals surface area contributed by atoms with Crippen molar-refractivity contribution in [2.75, 3.05) is 20.6 Å². The van der Waals surface area contributed by atoms with E-state index in [1.165, 1.54) is 16.2 Å². The summed E-state index contributed by atoms with van der Waals surface area (Å²) in [5.74, 6) is -3.15. The summed E-state index contributed by atoms with van der Waals surface area (Å²) in [6.07, 6.45) is -1.07. The number of aliphatic carboxylic acids is 1. The minimum Gasteiger partial charge on any atom is -0.475 e. The highest BCUT2D eigenvalue weighted by molar-refractivity contribution is 7.19. The van der Waals surface area contributed by atoms with Gasteiger partial charge in [-0.1, -0.05) is 11.3 Å². The summed E-state index contributed by atoms with van der Waals surface area (Å²) in [6, 6.07) is 2.93. The third-order valence-corrected chi connectivity index (χ3v) is 5.78. The Kier molecular flexibility index (Phi) is 6.67. The molecule has 3 aromatic heterocycles. The van der Waals surface area contributed by atoms with Crippen LogP contribution in [0.5, 0.6) is 0 Å². The standard InChI is InChI=1S/C17H18N6O2S.C2HF3O2/c1-21(2)16(24)13-10-9-19-22(3)12(10)6-8-23(13)17(25)15-20-11-5-4-7-18-14(11)26-15;3-2(4,5)1(6)7/h4-5,7,9,13H,6,8H2,1-3H3;(H,6,7). The van der Waals surface area contributed by atoms with E-state index in [9.17, 15) is 22.8 Å². The van der Waals surface area contributed by atoms with Crippen LogP contribution in [0.4, 0.5) is 13.2 Å². The molecule has 4 heterocycles. The molecule has 10 nitrogen and oxygen atoms in total. The zero-order valence-electron chi connectivity index (χ0n) is 17.7. The van der Waals surface area contributed by atoms with Crippen molar-refractivity contribution >= 4 is 39.5 Å². The lowest BCUT2D eigenvalue weighted by Crippen LogP contribution is -2.47. The molecule has 0 saturated carbocycles. The fraction of sp³-hybridized carbons (Fsp3) is 0.368. The number of hydrogen-bond donors (Lipinski definition) is 1. The van der Waals surface area contributed by atoms with E-state index in [0.29, 0.717) is 28.3 Å². The third kappa shape index (κ3) is 4.94. The van der Waals surface area contributed by atoms with E-state index >= 15 is 0 Å². The number of aryl methyl sites for hydroxylation is 1. The van der Waals surface area contributed by atoms with E-state index in [1.807, 2.05) is 13.1 Å². The van der Waals surface area contributed by atoms with Gasteiger partial charge in [-0.05, 0) is 12.1 Å². The summed E-state index contributed by atoms with van der Waals surface area (Å²) in [6.45, 7) is 0.443. The maximum absolute atomic E-state index is 13.2. The second kappa shape index (κ2) is 9.13. The summed E-state index contributed by atoms with van der Waals surface area (Å²) in [5, 5.41) is 11.8. The van der Waals surface area contributed by atoms with Crippen molar-refractivity contribution in [3.05, 3.63) is 40.8 Å². The number of carboxylic acid groups (broad SMARTS) is 1. The molecule has 4 rings (SSSR count). The fourth-order valence-corrected chi connectivity index (χ4v) is 4.12. The van der Waals surface area contributed by atoms with Gasteiger partial charge in [0, 0.05) is 51.6 Å². The van der Waals surface area contributed by atoms with Gasteiger partial charge in [0.15, 0.2) is 5.01 Å². The lowest BCUT2D eigenvalue weighted by atomic mass is 9.97. The Morgan fingerprint density at radius 1 is 1.27 bits per heavy atom. The Balaban J connectivity index is 0.000000383. The number of aromatic nitrogens is 4. The number of carbonyl (C=O) groups is 3. The van der Waals surface area contributed by atoms with Gasteiger partial charge in [-0.2, -0.15) is 18.3 Å². The number of likely N-dealkylation sites (N-methyl/N-ethyl adjacent to an activating group) is 1. The quantitative estimate of drug-likeness (QED) is 0.590. The summed E-state index contributed by atoms with van der Waals surface area (Å²) in [4.78, 5) is 47.4. The number of fused-ring (bicyclic) bond motifs is 2. The van der Waals surface area contributed by atoms with Crippen LogP contribution >= 0.6 is 11.3 Å². The highest BCUT2D eigenvalue weighted by atomic mass is 32.1. The Bertz CT molecular complexity index is 1170. The molecular weight excluding hydrogens is 465 g/mol. The van der Waals surface area contributed by atoms with Crippen molar-refractivity contribution in [2.45, 2.75) is 18.6 Å². The van der Waals surface area contributed by atoms with E-state index in [-0.39, 0.29) is 11.8 Å². The molecule has 3 aromatic rings. The number of halogens is 3. The maximum Gasteiger partial charge on any atom is 0.490 e. The molecule has 33 heavy (non-hydrogen) atoms. The summed E-state index contributed by atoms with van der Waals surface area (Å²) in [7, 11) is 5.24. The topological polar surface area (TPSA) is 122 Å². The summed E-state index contributed by atoms with van der Waals surface area (Å²) >= 11 is 1.25. The van der Waals surface area contributed by atoms with Crippen molar-refractivity contribution in [3.63, 3.8) is 0 Å². The Morgan fingerprint density at radius 3 is 2.52 bits per heavy atom. The van der Waals surface area contributed by atoms with Crippen molar-refractivity contribution in [2.24, 2.45) is 7.05 Å². The molecule has 14 heteroatoms. The van der Waals surface area contributed by atoms with E-state index in [1.54, 1.807) is 42.1 Å². The van der Waals surface area contributed by atoms with Crippen LogP contribution in [-0.4, -0.2) is 79.3 Å². The summed E-state index contributed by atoms with van der Waals surface area (Å²) < 4.78 is 33.5. The van der Waals surface area contributed by atoms with Crippen LogP contribution in [0.25, 0.3) is 10.3 Å². The van der Waals surface area contributed by atoms with Crippen molar-refractivity contribution in [1.82, 2.24) is 29.5 Å². The molecule has 0 radical (unpaired) electrons. The lowest BCUT2D eigenvalue weighted by molar-refractivity contribution is -0.192.